The van der Waals surface area contributed by atoms with Crippen molar-refractivity contribution < 1.29 is 19.8 Å². The van der Waals surface area contributed by atoms with Gasteiger partial charge in [0.25, 0.3) is 5.91 Å². The number of carboxylic acid groups (broad SMARTS) is 1. The number of phenolic OH excluding ortho intramolecular Hbond substituents is 1. The molecule has 22 heavy (non-hydrogen) atoms. The number of carbonyl (C=O) groups is 2. The molecule has 0 unspecified atom stereocenters. The largest absolute Gasteiger partial charge is 0.507 e. The highest BCUT2D eigenvalue weighted by molar-refractivity contribution is 8.76. The second kappa shape index (κ2) is 9.82. The van der Waals surface area contributed by atoms with E-state index in [1.165, 1.54) is 39.8 Å². The molecular weight excluding hydrogens is 328 g/mol. The van der Waals surface area contributed by atoms with Crippen molar-refractivity contribution in [3.8, 4) is 5.75 Å². The standard InChI is InChI=1S/C12H14N4O4S2/c13-16-15-8-1-2-9(10(17)7-8)12(20)14-4-6-22-21-5-3-11(18)19/h1-2,7,17H,3-6H2,(H,14,20)(H,18,19). The molecule has 0 aliphatic heterocycles. The molecule has 0 bridgehead atoms. The molecule has 0 fully saturated rings. The molecule has 0 radical (unpaired) electrons. The third-order valence-corrected chi connectivity index (χ3v) is 4.75. The number of azide groups is 1. The zero-order valence-corrected chi connectivity index (χ0v) is 13.1. The summed E-state index contributed by atoms with van der Waals surface area (Å²) in [5, 5.41) is 24.1. The van der Waals surface area contributed by atoms with Crippen LogP contribution >= 0.6 is 21.6 Å². The quantitative estimate of drug-likeness (QED) is 0.207. The number of nitrogens with one attached hydrogen (secondary N) is 1. The molecule has 8 nitrogen and oxygen atoms in total. The van der Waals surface area contributed by atoms with Crippen LogP contribution in [0.2, 0.25) is 0 Å². The Morgan fingerprint density at radius 3 is 2.68 bits per heavy atom. The van der Waals surface area contributed by atoms with Gasteiger partial charge in [-0.05, 0) is 17.7 Å². The average molecular weight is 342 g/mol. The Morgan fingerprint density at radius 2 is 2.05 bits per heavy atom. The van der Waals surface area contributed by atoms with E-state index in [4.69, 9.17) is 10.6 Å². The van der Waals surface area contributed by atoms with Crippen LogP contribution in [0.15, 0.2) is 23.3 Å². The van der Waals surface area contributed by atoms with E-state index in [1.54, 1.807) is 0 Å². The Hall–Kier alpha value is -2.03. The molecule has 1 aromatic carbocycles. The number of phenols is 1. The van der Waals surface area contributed by atoms with Gasteiger partial charge in [-0.3, -0.25) is 9.59 Å². The predicted molar refractivity (Wildman–Crippen MR) is 86.4 cm³/mol. The third-order valence-electron chi connectivity index (χ3n) is 2.34. The number of hydrogen-bond acceptors (Lipinski definition) is 6. The number of carboxylic acids is 1. The number of aliphatic carboxylic acids is 1. The Labute approximate surface area is 134 Å². The molecule has 118 valence electrons. The summed E-state index contributed by atoms with van der Waals surface area (Å²) in [5.74, 6) is -0.392. The van der Waals surface area contributed by atoms with E-state index < -0.39 is 11.9 Å². The van der Waals surface area contributed by atoms with Gasteiger partial charge in [-0.15, -0.1) is 0 Å². The summed E-state index contributed by atoms with van der Waals surface area (Å²) in [6.45, 7) is 0.390. The molecule has 0 aromatic heterocycles. The summed E-state index contributed by atoms with van der Waals surface area (Å²) in [7, 11) is 2.89. The lowest BCUT2D eigenvalue weighted by Crippen LogP contribution is -2.25. The van der Waals surface area contributed by atoms with Crippen LogP contribution in [0, 0.1) is 0 Å². The van der Waals surface area contributed by atoms with Crippen molar-refractivity contribution in [3.63, 3.8) is 0 Å². The molecule has 0 heterocycles. The highest BCUT2D eigenvalue weighted by Gasteiger charge is 2.10. The Bertz CT molecular complexity index is 590. The summed E-state index contributed by atoms with van der Waals surface area (Å²) in [6, 6.07) is 4.03. The van der Waals surface area contributed by atoms with Gasteiger partial charge in [0, 0.05) is 28.6 Å². The van der Waals surface area contributed by atoms with Gasteiger partial charge in [0.1, 0.15) is 5.75 Å². The van der Waals surface area contributed by atoms with Crippen LogP contribution < -0.4 is 5.32 Å². The SMILES string of the molecule is [N-]=[N+]=Nc1ccc(C(=O)NCCSSCCC(=O)O)c(O)c1. The van der Waals surface area contributed by atoms with E-state index in [1.807, 2.05) is 0 Å². The van der Waals surface area contributed by atoms with Gasteiger partial charge >= 0.3 is 5.97 Å². The van der Waals surface area contributed by atoms with Crippen molar-refractivity contribution in [2.24, 2.45) is 5.11 Å². The molecule has 0 aliphatic rings. The molecular formula is C12H14N4O4S2. The number of hydrogen-bond donors (Lipinski definition) is 3. The Morgan fingerprint density at radius 1 is 1.32 bits per heavy atom. The third kappa shape index (κ3) is 6.61. The first-order chi connectivity index (χ1) is 10.5. The minimum atomic E-state index is -0.832. The first kappa shape index (κ1) is 18.0. The van der Waals surface area contributed by atoms with Gasteiger partial charge in [-0.1, -0.05) is 32.8 Å². The van der Waals surface area contributed by atoms with Gasteiger partial charge in [-0.25, -0.2) is 0 Å². The predicted octanol–water partition coefficient (Wildman–Crippen LogP) is 2.92. The smallest absolute Gasteiger partial charge is 0.304 e. The van der Waals surface area contributed by atoms with Crippen LogP contribution in [0.25, 0.3) is 10.4 Å². The molecule has 0 atom stereocenters. The molecule has 0 saturated carbocycles. The van der Waals surface area contributed by atoms with Crippen molar-refractivity contribution in [2.45, 2.75) is 6.42 Å². The van der Waals surface area contributed by atoms with Crippen molar-refractivity contribution >= 4 is 39.2 Å². The van der Waals surface area contributed by atoms with Crippen LogP contribution in [0.1, 0.15) is 16.8 Å². The first-order valence-electron chi connectivity index (χ1n) is 6.17. The molecule has 3 N–H and O–H groups in total. The number of amides is 1. The molecule has 1 rings (SSSR count). The first-order valence-corrected chi connectivity index (χ1v) is 8.66. The average Bonchev–Trinajstić information content (AvgIpc) is 2.46. The lowest BCUT2D eigenvalue weighted by Gasteiger charge is -2.07. The normalized spacial score (nSPS) is 9.82. The summed E-state index contributed by atoms with van der Waals surface area (Å²) in [5.41, 5.74) is 8.61. The summed E-state index contributed by atoms with van der Waals surface area (Å²) in [4.78, 5) is 24.7. The van der Waals surface area contributed by atoms with E-state index in [0.29, 0.717) is 18.1 Å². The monoisotopic (exact) mass is 342 g/mol. The second-order valence-corrected chi connectivity index (χ2v) is 6.64. The molecule has 0 saturated heterocycles. The molecule has 1 amide bonds. The van der Waals surface area contributed by atoms with E-state index in [-0.39, 0.29) is 23.4 Å². The highest BCUT2D eigenvalue weighted by atomic mass is 33.1. The summed E-state index contributed by atoms with van der Waals surface area (Å²) < 4.78 is 0. The molecule has 10 heteroatoms. The molecule has 1 aromatic rings. The lowest BCUT2D eigenvalue weighted by atomic mass is 10.1. The van der Waals surface area contributed by atoms with Gasteiger partial charge in [-0.2, -0.15) is 0 Å². The number of aromatic hydroxyl groups is 1. The van der Waals surface area contributed by atoms with E-state index >= 15 is 0 Å². The molecule has 0 aliphatic carbocycles. The maximum Gasteiger partial charge on any atom is 0.304 e. The van der Waals surface area contributed by atoms with Crippen LogP contribution in [-0.4, -0.2) is 40.1 Å². The Kier molecular flexibility index (Phi) is 8.05. The van der Waals surface area contributed by atoms with Crippen molar-refractivity contribution in [2.75, 3.05) is 18.1 Å². The Balaban J connectivity index is 2.33. The van der Waals surface area contributed by atoms with Crippen molar-refractivity contribution in [3.05, 3.63) is 34.2 Å². The van der Waals surface area contributed by atoms with E-state index in [9.17, 15) is 14.7 Å². The number of rotatable bonds is 9. The van der Waals surface area contributed by atoms with Crippen LogP contribution in [0.4, 0.5) is 5.69 Å². The topological polar surface area (TPSA) is 135 Å². The van der Waals surface area contributed by atoms with Gasteiger partial charge < -0.3 is 15.5 Å². The second-order valence-electron chi connectivity index (χ2n) is 3.93. The van der Waals surface area contributed by atoms with E-state index in [2.05, 4.69) is 15.3 Å². The zero-order chi connectivity index (χ0) is 16.4. The summed E-state index contributed by atoms with van der Waals surface area (Å²) >= 11 is 0. The number of carbonyl (C=O) groups excluding carboxylic acids is 1. The number of benzene rings is 1. The fraction of sp³-hybridized carbons (Fsp3) is 0.333. The zero-order valence-electron chi connectivity index (χ0n) is 11.4. The van der Waals surface area contributed by atoms with Crippen molar-refractivity contribution in [1.29, 1.82) is 0 Å². The van der Waals surface area contributed by atoms with Gasteiger partial charge in [0.05, 0.1) is 12.0 Å². The fourth-order valence-corrected chi connectivity index (χ4v) is 3.26. The highest BCUT2D eigenvalue weighted by Crippen LogP contribution is 2.24. The number of nitrogens with zero attached hydrogens (tertiary/aromatic N) is 3. The minimum Gasteiger partial charge on any atom is -0.507 e. The van der Waals surface area contributed by atoms with Crippen LogP contribution in [0.3, 0.4) is 0 Å². The maximum atomic E-state index is 11.8. The summed E-state index contributed by atoms with van der Waals surface area (Å²) in [6.07, 6.45) is 0.107. The van der Waals surface area contributed by atoms with Crippen molar-refractivity contribution in [1.82, 2.24) is 5.32 Å². The lowest BCUT2D eigenvalue weighted by molar-refractivity contribution is -0.136. The fourth-order valence-electron chi connectivity index (χ4n) is 1.37. The maximum absolute atomic E-state index is 11.8. The van der Waals surface area contributed by atoms with E-state index in [0.717, 1.165) is 0 Å². The van der Waals surface area contributed by atoms with Gasteiger partial charge in [0.2, 0.25) is 0 Å². The van der Waals surface area contributed by atoms with Crippen LogP contribution in [-0.2, 0) is 4.79 Å². The van der Waals surface area contributed by atoms with Gasteiger partial charge in [0.15, 0.2) is 0 Å². The van der Waals surface area contributed by atoms with Crippen LogP contribution in [0.5, 0.6) is 5.75 Å². The molecule has 0 spiro atoms. The minimum absolute atomic E-state index is 0.0976.